The lowest BCUT2D eigenvalue weighted by Gasteiger charge is -2.04. The maximum atomic E-state index is 11.7. The Hall–Kier alpha value is -3.02. The Bertz CT molecular complexity index is 735. The molecule has 3 aromatic rings. The van der Waals surface area contributed by atoms with Crippen LogP contribution >= 0.6 is 0 Å². The van der Waals surface area contributed by atoms with Crippen molar-refractivity contribution in [2.75, 3.05) is 6.54 Å². The van der Waals surface area contributed by atoms with Gasteiger partial charge in [-0.1, -0.05) is 30.3 Å². The fraction of sp³-hybridized carbons (Fsp3) is 0.176. The molecule has 0 spiro atoms. The number of nitrogens with one attached hydrogen (secondary N) is 1. The van der Waals surface area contributed by atoms with E-state index in [0.717, 1.165) is 12.8 Å². The maximum absolute atomic E-state index is 11.7. The molecule has 0 saturated heterocycles. The first kappa shape index (κ1) is 14.9. The molecule has 1 amide bonds. The summed E-state index contributed by atoms with van der Waals surface area (Å²) < 4.78 is 15.3. The van der Waals surface area contributed by atoms with Crippen LogP contribution in [0, 0.1) is 0 Å². The van der Waals surface area contributed by atoms with Crippen molar-refractivity contribution in [1.29, 1.82) is 0 Å². The third kappa shape index (κ3) is 4.23. The minimum atomic E-state index is -0.558. The number of aromatic nitrogens is 1. The first-order valence-corrected chi connectivity index (χ1v) is 7.31. The fourth-order valence-corrected chi connectivity index (χ4v) is 2.10. The summed E-state index contributed by atoms with van der Waals surface area (Å²) in [6, 6.07) is 15.1. The number of carbonyl (C=O) groups excluding carboxylic acids is 1. The molecular weight excluding hydrogens is 296 g/mol. The van der Waals surface area contributed by atoms with Gasteiger partial charge in [0.25, 0.3) is 5.88 Å². The van der Waals surface area contributed by atoms with Crippen LogP contribution in [-0.4, -0.2) is 17.8 Å². The third-order valence-corrected chi connectivity index (χ3v) is 3.20. The van der Waals surface area contributed by atoms with Crippen molar-refractivity contribution in [3.05, 3.63) is 60.4 Å². The number of amides is 1. The van der Waals surface area contributed by atoms with Crippen molar-refractivity contribution in [3.63, 3.8) is 0 Å². The molecule has 0 aliphatic rings. The quantitative estimate of drug-likeness (QED) is 0.703. The molecule has 1 N–H and O–H groups in total. The number of ether oxygens (including phenoxy) is 1. The molecule has 0 saturated carbocycles. The van der Waals surface area contributed by atoms with Crippen LogP contribution in [0.2, 0.25) is 0 Å². The molecular formula is C17H16N2O4. The molecule has 118 valence electrons. The van der Waals surface area contributed by atoms with Crippen LogP contribution in [0.5, 0.6) is 5.88 Å². The van der Waals surface area contributed by atoms with E-state index in [-0.39, 0.29) is 5.88 Å². The third-order valence-electron chi connectivity index (χ3n) is 3.20. The average Bonchev–Trinajstić information content (AvgIpc) is 3.24. The van der Waals surface area contributed by atoms with Crippen molar-refractivity contribution >= 4 is 6.09 Å². The number of furan rings is 1. The lowest BCUT2D eigenvalue weighted by atomic mass is 10.1. The molecule has 1 aromatic carbocycles. The van der Waals surface area contributed by atoms with Gasteiger partial charge in [-0.2, -0.15) is 0 Å². The molecule has 0 radical (unpaired) electrons. The number of benzene rings is 1. The van der Waals surface area contributed by atoms with Crippen LogP contribution in [0.25, 0.3) is 11.5 Å². The van der Waals surface area contributed by atoms with Gasteiger partial charge in [0.2, 0.25) is 5.76 Å². The van der Waals surface area contributed by atoms with Gasteiger partial charge in [-0.15, -0.1) is 0 Å². The van der Waals surface area contributed by atoms with Crippen molar-refractivity contribution in [2.45, 2.75) is 12.8 Å². The van der Waals surface area contributed by atoms with Crippen LogP contribution in [0.1, 0.15) is 12.0 Å². The second-order valence-electron chi connectivity index (χ2n) is 4.91. The van der Waals surface area contributed by atoms with Gasteiger partial charge in [0, 0.05) is 6.54 Å². The molecule has 6 heteroatoms. The van der Waals surface area contributed by atoms with E-state index >= 15 is 0 Å². The van der Waals surface area contributed by atoms with E-state index in [9.17, 15) is 4.79 Å². The largest absolute Gasteiger partial charge is 0.461 e. The van der Waals surface area contributed by atoms with Crippen molar-refractivity contribution < 1.29 is 18.5 Å². The van der Waals surface area contributed by atoms with Crippen LogP contribution in [0.4, 0.5) is 4.79 Å². The maximum Gasteiger partial charge on any atom is 0.414 e. The Labute approximate surface area is 133 Å². The van der Waals surface area contributed by atoms with Gasteiger partial charge >= 0.3 is 6.09 Å². The number of rotatable bonds is 6. The number of hydrogen-bond donors (Lipinski definition) is 1. The van der Waals surface area contributed by atoms with Gasteiger partial charge in [-0.25, -0.2) is 4.79 Å². The van der Waals surface area contributed by atoms with E-state index in [4.69, 9.17) is 13.7 Å². The minimum Gasteiger partial charge on any atom is -0.461 e. The zero-order chi connectivity index (χ0) is 15.9. The van der Waals surface area contributed by atoms with Gasteiger partial charge in [0.1, 0.15) is 0 Å². The zero-order valence-electron chi connectivity index (χ0n) is 12.4. The molecule has 0 fully saturated rings. The molecule has 0 unspecified atom stereocenters. The molecule has 23 heavy (non-hydrogen) atoms. The predicted octanol–water partition coefficient (Wildman–Crippen LogP) is 3.66. The van der Waals surface area contributed by atoms with E-state index in [1.165, 1.54) is 17.9 Å². The number of carbonyl (C=O) groups is 1. The molecule has 6 nitrogen and oxygen atoms in total. The van der Waals surface area contributed by atoms with Crippen LogP contribution in [0.15, 0.2) is 63.7 Å². The van der Waals surface area contributed by atoms with Crippen LogP contribution < -0.4 is 10.1 Å². The summed E-state index contributed by atoms with van der Waals surface area (Å²) in [7, 11) is 0. The highest BCUT2D eigenvalue weighted by atomic mass is 16.6. The first-order valence-electron chi connectivity index (χ1n) is 7.31. The summed E-state index contributed by atoms with van der Waals surface area (Å²) in [6.07, 6.45) is 2.69. The monoisotopic (exact) mass is 312 g/mol. The van der Waals surface area contributed by atoms with Crippen molar-refractivity contribution in [3.8, 4) is 17.4 Å². The Morgan fingerprint density at radius 2 is 2.00 bits per heavy atom. The topological polar surface area (TPSA) is 77.5 Å². The molecule has 0 atom stereocenters. The standard InChI is InChI=1S/C17H16N2O4/c20-17(18-10-4-8-13-6-2-1-3-7-13)22-16-12-15(23-19-16)14-9-5-11-21-14/h1-3,5-7,9,11-12H,4,8,10H2,(H,18,20). The van der Waals surface area contributed by atoms with Crippen LogP contribution in [0.3, 0.4) is 0 Å². The molecule has 0 aliphatic carbocycles. The highest BCUT2D eigenvalue weighted by molar-refractivity contribution is 5.70. The second-order valence-corrected chi connectivity index (χ2v) is 4.91. The highest BCUT2D eigenvalue weighted by Gasteiger charge is 2.12. The Balaban J connectivity index is 1.41. The SMILES string of the molecule is O=C(NCCCc1ccccc1)Oc1cc(-c2ccco2)on1. The minimum absolute atomic E-state index is 0.0944. The van der Waals surface area contributed by atoms with Gasteiger partial charge in [-0.05, 0) is 35.7 Å². The van der Waals surface area contributed by atoms with Gasteiger partial charge in [-0.3, -0.25) is 0 Å². The summed E-state index contributed by atoms with van der Waals surface area (Å²) in [4.78, 5) is 11.7. The lowest BCUT2D eigenvalue weighted by Crippen LogP contribution is -2.28. The molecule has 0 bridgehead atoms. The molecule has 0 aliphatic heterocycles. The van der Waals surface area contributed by atoms with Crippen molar-refractivity contribution in [2.24, 2.45) is 0 Å². The lowest BCUT2D eigenvalue weighted by molar-refractivity contribution is 0.195. The van der Waals surface area contributed by atoms with E-state index in [2.05, 4.69) is 22.6 Å². The summed E-state index contributed by atoms with van der Waals surface area (Å²) in [5, 5.41) is 6.35. The average molecular weight is 312 g/mol. The summed E-state index contributed by atoms with van der Waals surface area (Å²) in [6.45, 7) is 0.524. The Kier molecular flexibility index (Phi) is 4.73. The number of hydrogen-bond acceptors (Lipinski definition) is 5. The zero-order valence-corrected chi connectivity index (χ0v) is 12.4. The van der Waals surface area contributed by atoms with Gasteiger partial charge in [0.05, 0.1) is 12.3 Å². The van der Waals surface area contributed by atoms with E-state index in [0.29, 0.717) is 18.1 Å². The van der Waals surface area contributed by atoms with Gasteiger partial charge in [0.15, 0.2) is 5.76 Å². The van der Waals surface area contributed by atoms with Crippen LogP contribution in [-0.2, 0) is 6.42 Å². The molecule has 2 heterocycles. The van der Waals surface area contributed by atoms with E-state index in [1.54, 1.807) is 12.1 Å². The summed E-state index contributed by atoms with van der Waals surface area (Å²) >= 11 is 0. The van der Waals surface area contributed by atoms with Gasteiger partial charge < -0.3 is 19.0 Å². The van der Waals surface area contributed by atoms with E-state index in [1.807, 2.05) is 18.2 Å². The number of aryl methyl sites for hydroxylation is 1. The summed E-state index contributed by atoms with van der Waals surface area (Å²) in [5.74, 6) is 1.02. The van der Waals surface area contributed by atoms with Crippen molar-refractivity contribution in [1.82, 2.24) is 10.5 Å². The fourth-order valence-electron chi connectivity index (χ4n) is 2.10. The predicted molar refractivity (Wildman–Crippen MR) is 83.0 cm³/mol. The Morgan fingerprint density at radius 3 is 2.78 bits per heavy atom. The molecule has 3 rings (SSSR count). The summed E-state index contributed by atoms with van der Waals surface area (Å²) in [5.41, 5.74) is 1.24. The highest BCUT2D eigenvalue weighted by Crippen LogP contribution is 2.23. The molecule has 2 aromatic heterocycles. The normalized spacial score (nSPS) is 10.4. The first-order chi connectivity index (χ1) is 11.3. The number of nitrogens with zero attached hydrogens (tertiary/aromatic N) is 1. The van der Waals surface area contributed by atoms with E-state index < -0.39 is 6.09 Å². The smallest absolute Gasteiger partial charge is 0.414 e. The Morgan fingerprint density at radius 1 is 1.13 bits per heavy atom. The second kappa shape index (κ2) is 7.31.